The second kappa shape index (κ2) is 10.1. The first kappa shape index (κ1) is 24.8. The minimum Gasteiger partial charge on any atom is -0.324 e. The molecule has 184 valence electrons. The number of carbonyl (C=O) groups is 1. The molecule has 0 spiro atoms. The molecule has 1 saturated heterocycles. The van der Waals surface area contributed by atoms with Gasteiger partial charge in [-0.15, -0.1) is 0 Å². The first-order chi connectivity index (χ1) is 16.7. The number of anilines is 1. The minimum atomic E-state index is -3.62. The van der Waals surface area contributed by atoms with E-state index in [0.29, 0.717) is 35.6 Å². The summed E-state index contributed by atoms with van der Waals surface area (Å²) >= 11 is 0. The molecule has 0 aliphatic carbocycles. The molecule has 1 N–H and O–H groups in total. The lowest BCUT2D eigenvalue weighted by molar-refractivity contribution is -0.119. The van der Waals surface area contributed by atoms with Crippen LogP contribution >= 0.6 is 0 Å². The van der Waals surface area contributed by atoms with Crippen LogP contribution in [-0.4, -0.2) is 41.5 Å². The Balaban J connectivity index is 1.66. The van der Waals surface area contributed by atoms with Crippen LogP contribution in [0.5, 0.6) is 0 Å². The van der Waals surface area contributed by atoms with Gasteiger partial charge in [-0.2, -0.15) is 9.40 Å². The van der Waals surface area contributed by atoms with Gasteiger partial charge in [-0.05, 0) is 62.4 Å². The number of nitrogens with zero attached hydrogens (tertiary/aromatic N) is 3. The van der Waals surface area contributed by atoms with Crippen molar-refractivity contribution in [1.82, 2.24) is 14.1 Å². The predicted octanol–water partition coefficient (Wildman–Crippen LogP) is 3.77. The second-order valence-corrected chi connectivity index (χ2v) is 10.7. The van der Waals surface area contributed by atoms with E-state index >= 15 is 0 Å². The Bertz CT molecular complexity index is 1410. The van der Waals surface area contributed by atoms with Crippen molar-refractivity contribution >= 4 is 21.6 Å². The highest BCUT2D eigenvalue weighted by atomic mass is 32.2. The van der Waals surface area contributed by atoms with Gasteiger partial charge in [-0.25, -0.2) is 13.1 Å². The molecule has 1 aromatic heterocycles. The van der Waals surface area contributed by atoms with Crippen molar-refractivity contribution in [2.45, 2.75) is 51.0 Å². The molecule has 1 fully saturated rings. The number of amides is 1. The maximum Gasteiger partial charge on any atom is 0.267 e. The number of hydrogen-bond acceptors (Lipinski definition) is 5. The van der Waals surface area contributed by atoms with E-state index in [2.05, 4.69) is 10.4 Å². The average Bonchev–Trinajstić information content (AvgIpc) is 3.41. The monoisotopic (exact) mass is 494 g/mol. The summed E-state index contributed by atoms with van der Waals surface area (Å²) in [6.45, 7) is 6.41. The normalized spacial score (nSPS) is 15.2. The molecule has 0 bridgehead atoms. The molecule has 3 aromatic rings. The van der Waals surface area contributed by atoms with Crippen LogP contribution in [0, 0.1) is 6.92 Å². The van der Waals surface area contributed by atoms with Crippen LogP contribution in [0.1, 0.15) is 43.9 Å². The smallest absolute Gasteiger partial charge is 0.267 e. The van der Waals surface area contributed by atoms with Gasteiger partial charge in [0.05, 0.1) is 10.6 Å². The Morgan fingerprint density at radius 1 is 1.09 bits per heavy atom. The molecule has 1 amide bonds. The highest BCUT2D eigenvalue weighted by molar-refractivity contribution is 7.89. The summed E-state index contributed by atoms with van der Waals surface area (Å²) in [7, 11) is -3.62. The third-order valence-corrected chi connectivity index (χ3v) is 8.43. The summed E-state index contributed by atoms with van der Waals surface area (Å²) < 4.78 is 29.0. The van der Waals surface area contributed by atoms with E-state index in [1.54, 1.807) is 38.1 Å². The number of hydrogen-bond donors (Lipinski definition) is 1. The van der Waals surface area contributed by atoms with Gasteiger partial charge in [-0.3, -0.25) is 9.59 Å². The molecule has 0 saturated carbocycles. The van der Waals surface area contributed by atoms with E-state index in [4.69, 9.17) is 0 Å². The van der Waals surface area contributed by atoms with Gasteiger partial charge in [0.15, 0.2) is 0 Å². The third kappa shape index (κ3) is 5.06. The van der Waals surface area contributed by atoms with E-state index < -0.39 is 21.6 Å². The van der Waals surface area contributed by atoms with Crippen molar-refractivity contribution < 1.29 is 13.2 Å². The van der Waals surface area contributed by atoms with Gasteiger partial charge in [0.1, 0.15) is 6.04 Å². The van der Waals surface area contributed by atoms with Gasteiger partial charge < -0.3 is 5.32 Å². The summed E-state index contributed by atoms with van der Waals surface area (Å²) in [5, 5.41) is 7.32. The highest BCUT2D eigenvalue weighted by Crippen LogP contribution is 2.28. The fraction of sp³-hybridized carbons (Fsp3) is 0.346. The Hall–Kier alpha value is -3.30. The van der Waals surface area contributed by atoms with Crippen LogP contribution < -0.4 is 10.9 Å². The van der Waals surface area contributed by atoms with Crippen LogP contribution in [0.2, 0.25) is 0 Å². The lowest BCUT2D eigenvalue weighted by Gasteiger charge is -2.18. The number of benzene rings is 2. The zero-order valence-corrected chi connectivity index (χ0v) is 21.0. The molecule has 8 nitrogen and oxygen atoms in total. The lowest BCUT2D eigenvalue weighted by atomic mass is 10.1. The largest absolute Gasteiger partial charge is 0.324 e. The highest BCUT2D eigenvalue weighted by Gasteiger charge is 2.29. The van der Waals surface area contributed by atoms with Crippen LogP contribution in [0.15, 0.2) is 64.3 Å². The van der Waals surface area contributed by atoms with Crippen LogP contribution in [0.4, 0.5) is 5.69 Å². The van der Waals surface area contributed by atoms with Crippen molar-refractivity contribution in [3.8, 4) is 11.3 Å². The number of carbonyl (C=O) groups excluding carboxylic acids is 1. The molecule has 35 heavy (non-hydrogen) atoms. The van der Waals surface area contributed by atoms with Gasteiger partial charge in [0.25, 0.3) is 5.56 Å². The summed E-state index contributed by atoms with van der Waals surface area (Å²) in [6, 6.07) is 14.7. The van der Waals surface area contributed by atoms with E-state index in [0.717, 1.165) is 29.5 Å². The van der Waals surface area contributed by atoms with Gasteiger partial charge in [-0.1, -0.05) is 37.3 Å². The van der Waals surface area contributed by atoms with Crippen LogP contribution in [0.25, 0.3) is 11.3 Å². The molecule has 2 aromatic carbocycles. The number of nitrogens with one attached hydrogen (secondary N) is 1. The lowest BCUT2D eigenvalue weighted by Crippen LogP contribution is -2.33. The summed E-state index contributed by atoms with van der Waals surface area (Å²) in [5.74, 6) is -0.362. The number of para-hydroxylation sites is 1. The van der Waals surface area contributed by atoms with Crippen molar-refractivity contribution in [2.75, 3.05) is 18.4 Å². The van der Waals surface area contributed by atoms with E-state index in [1.807, 2.05) is 31.2 Å². The maximum absolute atomic E-state index is 13.2. The topological polar surface area (TPSA) is 101 Å². The third-order valence-electron chi connectivity index (χ3n) is 6.39. The Morgan fingerprint density at radius 3 is 2.51 bits per heavy atom. The fourth-order valence-electron chi connectivity index (χ4n) is 4.26. The zero-order chi connectivity index (χ0) is 25.2. The number of sulfonamides is 1. The molecule has 0 radical (unpaired) electrons. The standard InChI is InChI=1S/C26H30N4O4S/c1-4-20-9-5-6-10-22(20)27-26(32)19(3)30-25(31)14-13-23(28-30)21-12-11-18(2)24(17-21)35(33,34)29-15-7-8-16-29/h5-6,9-14,17,19H,4,7-8,15-16H2,1-3H3,(H,27,32). The first-order valence-corrected chi connectivity index (χ1v) is 13.3. The van der Waals surface area contributed by atoms with Gasteiger partial charge in [0, 0.05) is 30.4 Å². The average molecular weight is 495 g/mol. The van der Waals surface area contributed by atoms with Crippen molar-refractivity contribution in [1.29, 1.82) is 0 Å². The molecular weight excluding hydrogens is 464 g/mol. The van der Waals surface area contributed by atoms with Crippen LogP contribution in [0.3, 0.4) is 0 Å². The molecule has 4 rings (SSSR count). The minimum absolute atomic E-state index is 0.235. The molecule has 2 heterocycles. The van der Waals surface area contributed by atoms with Crippen molar-refractivity contribution in [3.05, 3.63) is 76.1 Å². The summed E-state index contributed by atoms with van der Waals surface area (Å²) in [4.78, 5) is 25.8. The van der Waals surface area contributed by atoms with Crippen molar-refractivity contribution in [2.24, 2.45) is 0 Å². The van der Waals surface area contributed by atoms with Gasteiger partial charge >= 0.3 is 0 Å². The maximum atomic E-state index is 13.2. The van der Waals surface area contributed by atoms with Crippen molar-refractivity contribution in [3.63, 3.8) is 0 Å². The van der Waals surface area contributed by atoms with E-state index in [9.17, 15) is 18.0 Å². The van der Waals surface area contributed by atoms with E-state index in [1.165, 1.54) is 10.4 Å². The number of rotatable bonds is 7. The molecule has 1 aliphatic heterocycles. The van der Waals surface area contributed by atoms with E-state index in [-0.39, 0.29) is 10.8 Å². The Kier molecular flexibility index (Phi) is 7.18. The first-order valence-electron chi connectivity index (χ1n) is 11.8. The molecule has 1 atom stereocenters. The summed E-state index contributed by atoms with van der Waals surface area (Å²) in [5.41, 5.74) is 2.90. The SMILES string of the molecule is CCc1ccccc1NC(=O)C(C)n1nc(-c2ccc(C)c(S(=O)(=O)N3CCCC3)c2)ccc1=O. The zero-order valence-electron chi connectivity index (χ0n) is 20.2. The molecular formula is C26H30N4O4S. The van der Waals surface area contributed by atoms with Gasteiger partial charge in [0.2, 0.25) is 15.9 Å². The number of aromatic nitrogens is 2. The quantitative estimate of drug-likeness (QED) is 0.539. The number of aryl methyl sites for hydroxylation is 2. The second-order valence-electron chi connectivity index (χ2n) is 8.77. The molecule has 9 heteroatoms. The fourth-order valence-corrected chi connectivity index (χ4v) is 6.03. The summed E-state index contributed by atoms with van der Waals surface area (Å²) in [6.07, 6.45) is 2.47. The predicted molar refractivity (Wildman–Crippen MR) is 136 cm³/mol. The Morgan fingerprint density at radius 2 is 1.80 bits per heavy atom. The van der Waals surface area contributed by atoms with Crippen LogP contribution in [-0.2, 0) is 21.2 Å². The molecule has 1 aliphatic rings. The molecule has 1 unspecified atom stereocenters. The Labute approximate surface area is 205 Å².